The topological polar surface area (TPSA) is 41.1 Å². The number of allylic oxidation sites excluding steroid dienone is 2. The maximum atomic E-state index is 11.9. The first-order chi connectivity index (χ1) is 8.63. The van der Waals surface area contributed by atoms with Gasteiger partial charge in [-0.3, -0.25) is 4.79 Å². The number of hydrogen-bond donors (Lipinski definition) is 2. The molecule has 0 aromatic rings. The zero-order chi connectivity index (χ0) is 13.4. The van der Waals surface area contributed by atoms with Crippen LogP contribution in [0.25, 0.3) is 0 Å². The van der Waals surface area contributed by atoms with Crippen molar-refractivity contribution in [1.29, 1.82) is 0 Å². The van der Waals surface area contributed by atoms with Crippen molar-refractivity contribution in [2.75, 3.05) is 6.54 Å². The monoisotopic (exact) mass is 252 g/mol. The van der Waals surface area contributed by atoms with Crippen molar-refractivity contribution in [3.63, 3.8) is 0 Å². The third-order valence-corrected chi connectivity index (χ3v) is 3.59. The molecule has 0 bridgehead atoms. The van der Waals surface area contributed by atoms with Gasteiger partial charge in [0.25, 0.3) is 0 Å². The van der Waals surface area contributed by atoms with Gasteiger partial charge in [-0.15, -0.1) is 0 Å². The average molecular weight is 252 g/mol. The SMILES string of the molecule is CCCC(C)NC(=O)C(C)NCC1CC=CCC1. The molecule has 0 aromatic heterocycles. The number of hydrogen-bond acceptors (Lipinski definition) is 2. The Morgan fingerprint density at radius 3 is 2.78 bits per heavy atom. The van der Waals surface area contributed by atoms with Crippen LogP contribution in [0.15, 0.2) is 12.2 Å². The van der Waals surface area contributed by atoms with Crippen molar-refractivity contribution in [2.45, 2.75) is 65.0 Å². The summed E-state index contributed by atoms with van der Waals surface area (Å²) in [4.78, 5) is 11.9. The summed E-state index contributed by atoms with van der Waals surface area (Å²) < 4.78 is 0. The van der Waals surface area contributed by atoms with Crippen LogP contribution >= 0.6 is 0 Å². The standard InChI is InChI=1S/C15H28N2O/c1-4-8-12(2)17-15(18)13(3)16-11-14-9-6-5-7-10-14/h5-6,12-14,16H,4,7-11H2,1-3H3,(H,17,18). The second-order valence-electron chi connectivity index (χ2n) is 5.48. The molecule has 18 heavy (non-hydrogen) atoms. The smallest absolute Gasteiger partial charge is 0.237 e. The lowest BCUT2D eigenvalue weighted by Gasteiger charge is -2.22. The number of carbonyl (C=O) groups excluding carboxylic acids is 1. The molecular formula is C15H28N2O. The van der Waals surface area contributed by atoms with Gasteiger partial charge < -0.3 is 10.6 Å². The number of nitrogens with one attached hydrogen (secondary N) is 2. The van der Waals surface area contributed by atoms with Gasteiger partial charge in [0.2, 0.25) is 5.91 Å². The summed E-state index contributed by atoms with van der Waals surface area (Å²) in [5.74, 6) is 0.820. The van der Waals surface area contributed by atoms with Crippen LogP contribution in [0.1, 0.15) is 52.9 Å². The second kappa shape index (κ2) is 8.30. The molecule has 0 spiro atoms. The minimum absolute atomic E-state index is 0.0878. The van der Waals surface area contributed by atoms with Crippen LogP contribution in [0.2, 0.25) is 0 Å². The summed E-state index contributed by atoms with van der Waals surface area (Å²) >= 11 is 0. The highest BCUT2D eigenvalue weighted by Crippen LogP contribution is 2.16. The van der Waals surface area contributed by atoms with Gasteiger partial charge in [-0.1, -0.05) is 25.5 Å². The van der Waals surface area contributed by atoms with Gasteiger partial charge in [-0.2, -0.15) is 0 Å². The van der Waals surface area contributed by atoms with Gasteiger partial charge in [0.05, 0.1) is 6.04 Å². The Hall–Kier alpha value is -0.830. The Balaban J connectivity index is 2.20. The number of rotatable bonds is 7. The van der Waals surface area contributed by atoms with Crippen molar-refractivity contribution < 1.29 is 4.79 Å². The fourth-order valence-corrected chi connectivity index (χ4v) is 2.35. The average Bonchev–Trinajstić information content (AvgIpc) is 2.37. The van der Waals surface area contributed by atoms with E-state index in [1.54, 1.807) is 0 Å². The molecular weight excluding hydrogens is 224 g/mol. The first kappa shape index (κ1) is 15.2. The fourth-order valence-electron chi connectivity index (χ4n) is 2.35. The highest BCUT2D eigenvalue weighted by Gasteiger charge is 2.16. The lowest BCUT2D eigenvalue weighted by molar-refractivity contribution is -0.123. The third kappa shape index (κ3) is 5.67. The number of carbonyl (C=O) groups is 1. The van der Waals surface area contributed by atoms with E-state index in [-0.39, 0.29) is 18.0 Å². The molecule has 0 aromatic carbocycles. The van der Waals surface area contributed by atoms with Crippen molar-refractivity contribution in [1.82, 2.24) is 10.6 Å². The van der Waals surface area contributed by atoms with Crippen LogP contribution in [0, 0.1) is 5.92 Å². The summed E-state index contributed by atoms with van der Waals surface area (Å²) in [6.45, 7) is 7.11. The minimum Gasteiger partial charge on any atom is -0.352 e. The molecule has 1 amide bonds. The van der Waals surface area contributed by atoms with Crippen LogP contribution in [0.3, 0.4) is 0 Å². The van der Waals surface area contributed by atoms with Gasteiger partial charge in [0.1, 0.15) is 0 Å². The zero-order valence-electron chi connectivity index (χ0n) is 12.0. The molecule has 1 aliphatic rings. The molecule has 0 heterocycles. The summed E-state index contributed by atoms with van der Waals surface area (Å²) in [5.41, 5.74) is 0. The van der Waals surface area contributed by atoms with Crippen molar-refractivity contribution in [3.05, 3.63) is 12.2 Å². The lowest BCUT2D eigenvalue weighted by atomic mass is 9.94. The van der Waals surface area contributed by atoms with E-state index in [1.807, 2.05) is 6.92 Å². The predicted octanol–water partition coefficient (Wildman–Crippen LogP) is 2.63. The molecule has 0 aliphatic heterocycles. The van der Waals surface area contributed by atoms with E-state index in [2.05, 4.69) is 36.6 Å². The second-order valence-corrected chi connectivity index (χ2v) is 5.48. The normalized spacial score (nSPS) is 22.5. The predicted molar refractivity (Wildman–Crippen MR) is 76.5 cm³/mol. The summed E-state index contributed by atoms with van der Waals surface area (Å²) in [5, 5.41) is 6.41. The van der Waals surface area contributed by atoms with Gasteiger partial charge >= 0.3 is 0 Å². The summed E-state index contributed by atoms with van der Waals surface area (Å²) in [7, 11) is 0. The molecule has 104 valence electrons. The maximum absolute atomic E-state index is 11.9. The molecule has 3 unspecified atom stereocenters. The molecule has 0 saturated carbocycles. The molecule has 1 rings (SSSR count). The molecule has 0 fully saturated rings. The molecule has 0 radical (unpaired) electrons. The first-order valence-electron chi connectivity index (χ1n) is 7.32. The van der Waals surface area contributed by atoms with E-state index in [9.17, 15) is 4.79 Å². The summed E-state index contributed by atoms with van der Waals surface area (Å²) in [6.07, 6.45) is 10.2. The van der Waals surface area contributed by atoms with Crippen molar-refractivity contribution in [2.24, 2.45) is 5.92 Å². The molecule has 3 nitrogen and oxygen atoms in total. The quantitative estimate of drug-likeness (QED) is 0.684. The highest BCUT2D eigenvalue weighted by molar-refractivity contribution is 5.81. The Bertz CT molecular complexity index is 276. The molecule has 3 atom stereocenters. The lowest BCUT2D eigenvalue weighted by Crippen LogP contribution is -2.46. The van der Waals surface area contributed by atoms with E-state index in [1.165, 1.54) is 12.8 Å². The molecule has 2 N–H and O–H groups in total. The highest BCUT2D eigenvalue weighted by atomic mass is 16.2. The van der Waals surface area contributed by atoms with Crippen LogP contribution in [0.5, 0.6) is 0 Å². The minimum atomic E-state index is -0.0878. The van der Waals surface area contributed by atoms with Gasteiger partial charge in [0, 0.05) is 6.04 Å². The van der Waals surface area contributed by atoms with E-state index in [0.29, 0.717) is 5.92 Å². The Morgan fingerprint density at radius 1 is 1.39 bits per heavy atom. The largest absolute Gasteiger partial charge is 0.352 e. The number of amides is 1. The fraction of sp³-hybridized carbons (Fsp3) is 0.800. The van der Waals surface area contributed by atoms with Crippen LogP contribution in [-0.4, -0.2) is 24.5 Å². The van der Waals surface area contributed by atoms with Gasteiger partial charge in [0.15, 0.2) is 0 Å². The van der Waals surface area contributed by atoms with E-state index < -0.39 is 0 Å². The zero-order valence-corrected chi connectivity index (χ0v) is 12.0. The van der Waals surface area contributed by atoms with Crippen LogP contribution < -0.4 is 10.6 Å². The Labute approximate surface area is 111 Å². The Morgan fingerprint density at radius 2 is 2.17 bits per heavy atom. The van der Waals surface area contributed by atoms with Crippen molar-refractivity contribution in [3.8, 4) is 0 Å². The summed E-state index contributed by atoms with van der Waals surface area (Å²) in [6, 6.07) is 0.194. The van der Waals surface area contributed by atoms with Crippen LogP contribution in [-0.2, 0) is 4.79 Å². The van der Waals surface area contributed by atoms with Gasteiger partial charge in [-0.25, -0.2) is 0 Å². The first-order valence-corrected chi connectivity index (χ1v) is 7.32. The molecule has 0 saturated heterocycles. The molecule has 1 aliphatic carbocycles. The van der Waals surface area contributed by atoms with Crippen molar-refractivity contribution >= 4 is 5.91 Å². The van der Waals surface area contributed by atoms with Crippen LogP contribution in [0.4, 0.5) is 0 Å². The van der Waals surface area contributed by atoms with E-state index >= 15 is 0 Å². The maximum Gasteiger partial charge on any atom is 0.237 e. The van der Waals surface area contributed by atoms with Gasteiger partial charge in [-0.05, 0) is 52.0 Å². The van der Waals surface area contributed by atoms with E-state index in [4.69, 9.17) is 0 Å². The van der Waals surface area contributed by atoms with E-state index in [0.717, 1.165) is 25.8 Å². The Kier molecular flexibility index (Phi) is 7.02. The third-order valence-electron chi connectivity index (χ3n) is 3.59. The molecule has 3 heteroatoms.